The fourth-order valence-electron chi connectivity index (χ4n) is 1.31. The van der Waals surface area contributed by atoms with Gasteiger partial charge in [0.1, 0.15) is 0 Å². The maximum atomic E-state index is 4.05. The molecule has 74 valence electrons. The summed E-state index contributed by atoms with van der Waals surface area (Å²) in [5.41, 5.74) is 3.61. The Labute approximate surface area is 85.4 Å². The molecule has 0 saturated heterocycles. The molecule has 0 aromatic heterocycles. The molecule has 1 rings (SSSR count). The molecule has 0 aliphatic heterocycles. The van der Waals surface area contributed by atoms with E-state index in [1.54, 1.807) is 6.21 Å². The molecule has 2 nitrogen and oxygen atoms in total. The third kappa shape index (κ3) is 3.52. The average molecular weight is 188 g/mol. The topological polar surface area (TPSA) is 24.7 Å². The van der Waals surface area contributed by atoms with Crippen molar-refractivity contribution in [3.8, 4) is 0 Å². The van der Waals surface area contributed by atoms with Gasteiger partial charge in [0.05, 0.1) is 0 Å². The number of rotatable bonds is 3. The van der Waals surface area contributed by atoms with Gasteiger partial charge in [-0.25, -0.2) is 0 Å². The molecule has 1 aromatic carbocycles. The zero-order valence-corrected chi connectivity index (χ0v) is 8.99. The zero-order valence-electron chi connectivity index (χ0n) is 8.99. The highest BCUT2D eigenvalue weighted by molar-refractivity contribution is 5.84. The van der Waals surface area contributed by atoms with Crippen LogP contribution in [0.15, 0.2) is 34.5 Å². The molecule has 14 heavy (non-hydrogen) atoms. The lowest BCUT2D eigenvalue weighted by Gasteiger charge is -2.00. The first kappa shape index (κ1) is 10.6. The van der Waals surface area contributed by atoms with Crippen LogP contribution in [0.4, 0.5) is 0 Å². The van der Waals surface area contributed by atoms with E-state index in [1.807, 2.05) is 13.8 Å². The van der Waals surface area contributed by atoms with E-state index in [1.165, 1.54) is 11.1 Å². The van der Waals surface area contributed by atoms with Crippen LogP contribution in [0.2, 0.25) is 0 Å². The molecule has 0 aliphatic rings. The Kier molecular flexibility index (Phi) is 4.05. The van der Waals surface area contributed by atoms with Crippen molar-refractivity contribution in [3.63, 3.8) is 0 Å². The van der Waals surface area contributed by atoms with E-state index in [-0.39, 0.29) is 0 Å². The fourth-order valence-corrected chi connectivity index (χ4v) is 1.31. The Balaban J connectivity index is 2.69. The molecular weight excluding hydrogens is 172 g/mol. The quantitative estimate of drug-likeness (QED) is 0.514. The predicted octanol–water partition coefficient (Wildman–Crippen LogP) is 3.00. The summed E-state index contributed by atoms with van der Waals surface area (Å²) in [6, 6.07) is 8.46. The lowest BCUT2D eigenvalue weighted by Crippen LogP contribution is -1.96. The van der Waals surface area contributed by atoms with Gasteiger partial charge in [0.2, 0.25) is 0 Å². The number of benzene rings is 1. The van der Waals surface area contributed by atoms with Crippen molar-refractivity contribution in [3.05, 3.63) is 35.4 Å². The van der Waals surface area contributed by atoms with Gasteiger partial charge in [-0.15, -0.1) is 0 Å². The molecule has 0 N–H and O–H groups in total. The molecule has 0 amide bonds. The number of nitrogens with zero attached hydrogens (tertiary/aromatic N) is 2. The first-order chi connectivity index (χ1) is 6.72. The van der Waals surface area contributed by atoms with Crippen LogP contribution in [0, 0.1) is 6.92 Å². The van der Waals surface area contributed by atoms with Gasteiger partial charge in [0, 0.05) is 18.3 Å². The minimum Gasteiger partial charge on any atom is -0.164 e. The summed E-state index contributed by atoms with van der Waals surface area (Å²) >= 11 is 0. The summed E-state index contributed by atoms with van der Waals surface area (Å²) in [4.78, 5) is 0. The third-order valence-electron chi connectivity index (χ3n) is 1.89. The molecule has 0 bridgehead atoms. The zero-order chi connectivity index (χ0) is 10.4. The van der Waals surface area contributed by atoms with Gasteiger partial charge in [-0.1, -0.05) is 29.8 Å². The van der Waals surface area contributed by atoms with Crippen molar-refractivity contribution >= 4 is 11.9 Å². The highest BCUT2D eigenvalue weighted by Crippen LogP contribution is 2.05. The van der Waals surface area contributed by atoms with E-state index in [0.717, 1.165) is 12.1 Å². The van der Waals surface area contributed by atoms with Gasteiger partial charge in [-0.2, -0.15) is 10.2 Å². The Bertz CT molecular complexity index is 351. The van der Waals surface area contributed by atoms with Gasteiger partial charge in [-0.05, 0) is 26.3 Å². The van der Waals surface area contributed by atoms with Crippen molar-refractivity contribution < 1.29 is 0 Å². The Hall–Kier alpha value is -1.44. The van der Waals surface area contributed by atoms with Gasteiger partial charge in [0.25, 0.3) is 0 Å². The molecule has 0 spiro atoms. The summed E-state index contributed by atoms with van der Waals surface area (Å²) in [5, 5.41) is 7.91. The van der Waals surface area contributed by atoms with Crippen LogP contribution in [-0.4, -0.2) is 11.9 Å². The van der Waals surface area contributed by atoms with Crippen LogP contribution in [0.1, 0.15) is 25.0 Å². The molecule has 0 saturated carbocycles. The molecular formula is C12H16N2. The van der Waals surface area contributed by atoms with Crippen LogP contribution < -0.4 is 0 Å². The molecule has 1 aromatic rings. The van der Waals surface area contributed by atoms with E-state index in [4.69, 9.17) is 0 Å². The highest BCUT2D eigenvalue weighted by Gasteiger charge is 1.95. The maximum absolute atomic E-state index is 4.05. The lowest BCUT2D eigenvalue weighted by molar-refractivity contribution is 1.18. The van der Waals surface area contributed by atoms with Crippen molar-refractivity contribution in [2.45, 2.75) is 27.2 Å². The predicted molar refractivity (Wildman–Crippen MR) is 62.2 cm³/mol. The summed E-state index contributed by atoms with van der Waals surface area (Å²) in [7, 11) is 0. The maximum Gasteiger partial charge on any atom is 0.0418 e. The van der Waals surface area contributed by atoms with Crippen molar-refractivity contribution in [1.82, 2.24) is 0 Å². The number of hydrogen-bond donors (Lipinski definition) is 0. The van der Waals surface area contributed by atoms with Crippen LogP contribution in [0.3, 0.4) is 0 Å². The first-order valence-electron chi connectivity index (χ1n) is 4.79. The molecule has 0 atom stereocenters. The second-order valence-corrected chi connectivity index (χ2v) is 3.37. The normalized spacial score (nSPS) is 12.4. The number of hydrogen-bond acceptors (Lipinski definition) is 2. The monoisotopic (exact) mass is 188 g/mol. The van der Waals surface area contributed by atoms with E-state index < -0.39 is 0 Å². The Morgan fingerprint density at radius 3 is 2.86 bits per heavy atom. The summed E-state index contributed by atoms with van der Waals surface area (Å²) in [5.74, 6) is 0. The van der Waals surface area contributed by atoms with Crippen LogP contribution >= 0.6 is 0 Å². The standard InChI is InChI=1S/C12H16N2/c1-4-13-14-11(3)9-12-7-5-6-10(2)8-12/h4-8H,9H2,1-3H3/b13-4-,14-11+. The summed E-state index contributed by atoms with van der Waals surface area (Å²) < 4.78 is 0. The van der Waals surface area contributed by atoms with Gasteiger partial charge < -0.3 is 0 Å². The van der Waals surface area contributed by atoms with Crippen LogP contribution in [0.25, 0.3) is 0 Å². The van der Waals surface area contributed by atoms with Crippen LogP contribution in [-0.2, 0) is 6.42 Å². The van der Waals surface area contributed by atoms with Gasteiger partial charge >= 0.3 is 0 Å². The third-order valence-corrected chi connectivity index (χ3v) is 1.89. The smallest absolute Gasteiger partial charge is 0.0418 e. The SMILES string of the molecule is C/C=N\N=C(/C)Cc1cccc(C)c1. The second kappa shape index (κ2) is 5.32. The van der Waals surface area contributed by atoms with Crippen molar-refractivity contribution in [2.75, 3.05) is 0 Å². The molecule has 2 heteroatoms. The van der Waals surface area contributed by atoms with E-state index in [9.17, 15) is 0 Å². The summed E-state index contributed by atoms with van der Waals surface area (Å²) in [6.07, 6.45) is 2.57. The Morgan fingerprint density at radius 2 is 2.21 bits per heavy atom. The molecule has 0 fully saturated rings. The average Bonchev–Trinajstić information content (AvgIpc) is 2.15. The minimum absolute atomic E-state index is 0.874. The largest absolute Gasteiger partial charge is 0.164 e. The van der Waals surface area contributed by atoms with Gasteiger partial charge in [-0.3, -0.25) is 0 Å². The highest BCUT2D eigenvalue weighted by atomic mass is 15.2. The fraction of sp³-hybridized carbons (Fsp3) is 0.333. The lowest BCUT2D eigenvalue weighted by atomic mass is 10.1. The molecule has 0 unspecified atom stereocenters. The van der Waals surface area contributed by atoms with E-state index in [0.29, 0.717) is 0 Å². The van der Waals surface area contributed by atoms with Gasteiger partial charge in [0.15, 0.2) is 0 Å². The van der Waals surface area contributed by atoms with Crippen molar-refractivity contribution in [2.24, 2.45) is 10.2 Å². The first-order valence-corrected chi connectivity index (χ1v) is 4.79. The molecule has 0 heterocycles. The Morgan fingerprint density at radius 1 is 1.43 bits per heavy atom. The number of aryl methyl sites for hydroxylation is 1. The molecule has 0 radical (unpaired) electrons. The van der Waals surface area contributed by atoms with E-state index in [2.05, 4.69) is 41.4 Å². The second-order valence-electron chi connectivity index (χ2n) is 3.37. The van der Waals surface area contributed by atoms with E-state index >= 15 is 0 Å². The van der Waals surface area contributed by atoms with Crippen molar-refractivity contribution in [1.29, 1.82) is 0 Å². The van der Waals surface area contributed by atoms with Crippen LogP contribution in [0.5, 0.6) is 0 Å². The minimum atomic E-state index is 0.874. The summed E-state index contributed by atoms with van der Waals surface area (Å²) in [6.45, 7) is 5.96. The molecule has 0 aliphatic carbocycles.